The zero-order valence-electron chi connectivity index (χ0n) is 12.1. The highest BCUT2D eigenvalue weighted by atomic mass is 79.9. The van der Waals surface area contributed by atoms with E-state index in [9.17, 15) is 0 Å². The van der Waals surface area contributed by atoms with E-state index in [2.05, 4.69) is 64.1 Å². The van der Waals surface area contributed by atoms with E-state index in [1.807, 2.05) is 11.3 Å². The van der Waals surface area contributed by atoms with Crippen LogP contribution in [0.5, 0.6) is 0 Å². The van der Waals surface area contributed by atoms with Crippen LogP contribution in [0.4, 0.5) is 0 Å². The highest BCUT2D eigenvalue weighted by molar-refractivity contribution is 9.10. The van der Waals surface area contributed by atoms with Crippen LogP contribution in [0.1, 0.15) is 51.3 Å². The van der Waals surface area contributed by atoms with E-state index < -0.39 is 0 Å². The number of alkyl halides is 1. The third-order valence-electron chi connectivity index (χ3n) is 4.78. The van der Waals surface area contributed by atoms with Gasteiger partial charge in [-0.2, -0.15) is 0 Å². The van der Waals surface area contributed by atoms with E-state index in [1.165, 1.54) is 41.5 Å². The summed E-state index contributed by atoms with van der Waals surface area (Å²) in [5.41, 5.74) is 0.955. The Bertz CT molecular complexity index is 409. The van der Waals surface area contributed by atoms with Gasteiger partial charge >= 0.3 is 0 Å². The lowest BCUT2D eigenvalue weighted by molar-refractivity contribution is 0.104. The summed E-state index contributed by atoms with van der Waals surface area (Å²) in [6.07, 6.45) is 6.73. The van der Waals surface area contributed by atoms with Crippen molar-refractivity contribution in [2.75, 3.05) is 5.33 Å². The van der Waals surface area contributed by atoms with Crippen molar-refractivity contribution in [3.8, 4) is 0 Å². The van der Waals surface area contributed by atoms with Gasteiger partial charge in [-0.3, -0.25) is 0 Å². The lowest BCUT2D eigenvalue weighted by Gasteiger charge is -2.43. The molecule has 1 aliphatic rings. The number of hydrogen-bond donors (Lipinski definition) is 0. The zero-order chi connectivity index (χ0) is 14.1. The smallest absolute Gasteiger partial charge is 0.0314 e. The Hall–Kier alpha value is 0.660. The molecule has 1 aromatic rings. The summed E-state index contributed by atoms with van der Waals surface area (Å²) in [5.74, 6) is 0.895. The molecule has 0 nitrogen and oxygen atoms in total. The van der Waals surface area contributed by atoms with Crippen LogP contribution in [0, 0.1) is 16.7 Å². The van der Waals surface area contributed by atoms with Gasteiger partial charge in [0.05, 0.1) is 0 Å². The van der Waals surface area contributed by atoms with Gasteiger partial charge < -0.3 is 0 Å². The van der Waals surface area contributed by atoms with E-state index in [0.29, 0.717) is 10.8 Å². The Kier molecular flexibility index (Phi) is 5.23. The fraction of sp³-hybridized carbons (Fsp3) is 0.750. The molecule has 3 heteroatoms. The number of halogens is 2. The maximum atomic E-state index is 3.80. The third-order valence-corrected chi connectivity index (χ3v) is 7.90. The fourth-order valence-electron chi connectivity index (χ4n) is 3.25. The molecule has 0 atom stereocenters. The Morgan fingerprint density at radius 3 is 2.37 bits per heavy atom. The topological polar surface area (TPSA) is 0 Å². The second-order valence-corrected chi connectivity index (χ2v) is 9.56. The monoisotopic (exact) mass is 406 g/mol. The second kappa shape index (κ2) is 6.19. The minimum atomic E-state index is 0.474. The molecule has 0 bridgehead atoms. The normalized spacial score (nSPS) is 28.6. The summed E-state index contributed by atoms with van der Waals surface area (Å²) in [5, 5.41) is 3.34. The predicted molar refractivity (Wildman–Crippen MR) is 93.4 cm³/mol. The molecule has 1 fully saturated rings. The first-order valence-electron chi connectivity index (χ1n) is 7.14. The molecule has 0 N–H and O–H groups in total. The van der Waals surface area contributed by atoms with E-state index in [0.717, 1.165) is 11.2 Å². The van der Waals surface area contributed by atoms with Crippen molar-refractivity contribution >= 4 is 43.2 Å². The van der Waals surface area contributed by atoms with Gasteiger partial charge in [-0.15, -0.1) is 11.3 Å². The highest BCUT2D eigenvalue weighted by Crippen LogP contribution is 2.48. The van der Waals surface area contributed by atoms with E-state index >= 15 is 0 Å². The summed E-state index contributed by atoms with van der Waals surface area (Å²) < 4.78 is 1.30. The average Bonchev–Trinajstić information content (AvgIpc) is 2.74. The van der Waals surface area contributed by atoms with Crippen molar-refractivity contribution in [3.05, 3.63) is 20.8 Å². The van der Waals surface area contributed by atoms with Crippen LogP contribution in [0.25, 0.3) is 0 Å². The van der Waals surface area contributed by atoms with Gasteiger partial charge in [0.15, 0.2) is 0 Å². The molecule has 0 saturated heterocycles. The van der Waals surface area contributed by atoms with Gasteiger partial charge in [0.1, 0.15) is 0 Å². The van der Waals surface area contributed by atoms with Gasteiger partial charge in [-0.1, -0.05) is 36.7 Å². The number of rotatable bonds is 3. The second-order valence-electron chi connectivity index (χ2n) is 7.14. The van der Waals surface area contributed by atoms with E-state index in [4.69, 9.17) is 0 Å². The van der Waals surface area contributed by atoms with Crippen LogP contribution in [0.3, 0.4) is 0 Å². The maximum absolute atomic E-state index is 3.80. The quantitative estimate of drug-likeness (QED) is 0.490. The Morgan fingerprint density at radius 2 is 1.95 bits per heavy atom. The van der Waals surface area contributed by atoms with Gasteiger partial charge in [0, 0.05) is 14.7 Å². The Labute approximate surface area is 138 Å². The molecular formula is C16H24Br2S. The van der Waals surface area contributed by atoms with Crippen molar-refractivity contribution in [1.82, 2.24) is 0 Å². The first-order valence-corrected chi connectivity index (χ1v) is 9.94. The van der Waals surface area contributed by atoms with Crippen LogP contribution >= 0.6 is 43.2 Å². The molecule has 2 rings (SSSR count). The van der Waals surface area contributed by atoms with Crippen molar-refractivity contribution in [2.45, 2.75) is 52.9 Å². The van der Waals surface area contributed by atoms with Crippen LogP contribution in [0.2, 0.25) is 0 Å². The summed E-state index contributed by atoms with van der Waals surface area (Å²) in [4.78, 5) is 1.52. The summed E-state index contributed by atoms with van der Waals surface area (Å²) in [6, 6.07) is 2.18. The van der Waals surface area contributed by atoms with Crippen LogP contribution in [0.15, 0.2) is 15.9 Å². The lowest BCUT2D eigenvalue weighted by Crippen LogP contribution is -2.35. The zero-order valence-corrected chi connectivity index (χ0v) is 16.1. The summed E-state index contributed by atoms with van der Waals surface area (Å²) in [6.45, 7) is 7.19. The molecule has 19 heavy (non-hydrogen) atoms. The molecule has 108 valence electrons. The minimum absolute atomic E-state index is 0.474. The molecule has 0 aliphatic heterocycles. The van der Waals surface area contributed by atoms with Crippen molar-refractivity contribution in [3.63, 3.8) is 0 Å². The number of hydrogen-bond acceptors (Lipinski definition) is 1. The minimum Gasteiger partial charge on any atom is -0.148 e. The van der Waals surface area contributed by atoms with Gasteiger partial charge in [-0.05, 0) is 76.2 Å². The molecule has 1 aliphatic carbocycles. The lowest BCUT2D eigenvalue weighted by atomic mass is 9.63. The highest BCUT2D eigenvalue weighted by Gasteiger charge is 2.38. The maximum Gasteiger partial charge on any atom is 0.0314 e. The van der Waals surface area contributed by atoms with Crippen molar-refractivity contribution < 1.29 is 0 Å². The standard InChI is InChI=1S/C16H24Br2S/c1-15(2,3)12-4-7-16(11-17,8-5-12)10-14-13(18)6-9-19-14/h6,9,12H,4-5,7-8,10-11H2,1-3H3. The molecule has 0 spiro atoms. The van der Waals surface area contributed by atoms with Crippen molar-refractivity contribution in [2.24, 2.45) is 16.7 Å². The van der Waals surface area contributed by atoms with Gasteiger partial charge in [-0.25, -0.2) is 0 Å². The van der Waals surface area contributed by atoms with Crippen molar-refractivity contribution in [1.29, 1.82) is 0 Å². The molecule has 0 aromatic carbocycles. The van der Waals surface area contributed by atoms with Crippen LogP contribution in [-0.4, -0.2) is 5.33 Å². The molecule has 1 aromatic heterocycles. The molecule has 0 amide bonds. The fourth-order valence-corrected chi connectivity index (χ4v) is 5.67. The van der Waals surface area contributed by atoms with Crippen LogP contribution < -0.4 is 0 Å². The third kappa shape index (κ3) is 3.85. The molecular weight excluding hydrogens is 384 g/mol. The van der Waals surface area contributed by atoms with E-state index in [1.54, 1.807) is 0 Å². The number of thiophene rings is 1. The Balaban J connectivity index is 2.04. The summed E-state index contributed by atoms with van der Waals surface area (Å²) in [7, 11) is 0. The average molecular weight is 408 g/mol. The molecule has 1 saturated carbocycles. The largest absolute Gasteiger partial charge is 0.148 e. The molecule has 0 unspecified atom stereocenters. The van der Waals surface area contributed by atoms with Gasteiger partial charge in [0.25, 0.3) is 0 Å². The first kappa shape index (κ1) is 16.0. The SMILES string of the molecule is CC(C)(C)C1CCC(CBr)(Cc2sccc2Br)CC1. The predicted octanol–water partition coefficient (Wildman–Crippen LogP) is 6.67. The summed E-state index contributed by atoms with van der Waals surface area (Å²) >= 11 is 9.38. The molecule has 1 heterocycles. The Morgan fingerprint density at radius 1 is 1.32 bits per heavy atom. The van der Waals surface area contributed by atoms with Crippen LogP contribution in [-0.2, 0) is 6.42 Å². The van der Waals surface area contributed by atoms with E-state index in [-0.39, 0.29) is 0 Å². The van der Waals surface area contributed by atoms with Gasteiger partial charge in [0.2, 0.25) is 0 Å². The molecule has 0 radical (unpaired) electrons. The first-order chi connectivity index (χ1) is 8.86.